The molecule has 0 aromatic carbocycles. The fraction of sp³-hybridized carbons (Fsp3) is 0.455. The van der Waals surface area contributed by atoms with Crippen LogP contribution in [0.2, 0.25) is 0 Å². The Morgan fingerprint density at radius 1 is 1.44 bits per heavy atom. The fourth-order valence-corrected chi connectivity index (χ4v) is 4.11. The van der Waals surface area contributed by atoms with E-state index in [0.29, 0.717) is 11.1 Å². The summed E-state index contributed by atoms with van der Waals surface area (Å²) >= 11 is 3.79. The van der Waals surface area contributed by atoms with Crippen molar-refractivity contribution in [3.05, 3.63) is 23.8 Å². The van der Waals surface area contributed by atoms with Gasteiger partial charge in [0.25, 0.3) is 0 Å². The molecule has 1 saturated heterocycles. The first-order chi connectivity index (χ1) is 7.74. The standard InChI is InChI=1S/C11H14N2OS2/c12-10(14)7-8-1-3-9(4-2-8)13-11-15-5-6-16-11/h1-3,11H,4-7H2,(H2,12,14). The topological polar surface area (TPSA) is 55.5 Å². The molecule has 1 amide bonds. The molecule has 0 atom stereocenters. The van der Waals surface area contributed by atoms with Crippen LogP contribution in [-0.2, 0) is 4.79 Å². The number of thioether (sulfide) groups is 2. The lowest BCUT2D eigenvalue weighted by Crippen LogP contribution is -2.12. The van der Waals surface area contributed by atoms with E-state index in [4.69, 9.17) is 5.73 Å². The van der Waals surface area contributed by atoms with Crippen LogP contribution in [0, 0.1) is 0 Å². The molecule has 3 nitrogen and oxygen atoms in total. The van der Waals surface area contributed by atoms with Gasteiger partial charge < -0.3 is 5.73 Å². The van der Waals surface area contributed by atoms with Crippen LogP contribution in [0.25, 0.3) is 0 Å². The zero-order valence-electron chi connectivity index (χ0n) is 8.89. The molecule has 1 fully saturated rings. The van der Waals surface area contributed by atoms with E-state index >= 15 is 0 Å². The summed E-state index contributed by atoms with van der Waals surface area (Å²) in [5.74, 6) is 2.11. The lowest BCUT2D eigenvalue weighted by molar-refractivity contribution is -0.117. The Hall–Kier alpha value is -0.680. The van der Waals surface area contributed by atoms with Crippen molar-refractivity contribution in [1.82, 2.24) is 0 Å². The van der Waals surface area contributed by atoms with E-state index in [2.05, 4.69) is 4.99 Å². The Bertz CT molecular complexity index is 368. The molecule has 5 heteroatoms. The maximum absolute atomic E-state index is 10.7. The summed E-state index contributed by atoms with van der Waals surface area (Å²) in [4.78, 5) is 15.4. The molecule has 0 aromatic heterocycles. The molecule has 2 aliphatic rings. The highest BCUT2D eigenvalue weighted by molar-refractivity contribution is 8.20. The van der Waals surface area contributed by atoms with Gasteiger partial charge in [-0.1, -0.05) is 12.2 Å². The summed E-state index contributed by atoms with van der Waals surface area (Å²) in [6, 6.07) is 0. The van der Waals surface area contributed by atoms with Crippen molar-refractivity contribution in [2.75, 3.05) is 11.5 Å². The van der Waals surface area contributed by atoms with Gasteiger partial charge in [-0.25, -0.2) is 0 Å². The Morgan fingerprint density at radius 3 is 2.75 bits per heavy atom. The van der Waals surface area contributed by atoms with Gasteiger partial charge in [-0.2, -0.15) is 0 Å². The third kappa shape index (κ3) is 3.42. The molecule has 0 spiro atoms. The Labute approximate surface area is 104 Å². The zero-order chi connectivity index (χ0) is 11.4. The second-order valence-electron chi connectivity index (χ2n) is 3.63. The first-order valence-electron chi connectivity index (χ1n) is 5.19. The van der Waals surface area contributed by atoms with Crippen molar-refractivity contribution in [2.24, 2.45) is 10.7 Å². The number of amides is 1. The molecule has 0 radical (unpaired) electrons. The van der Waals surface area contributed by atoms with Crippen molar-refractivity contribution in [1.29, 1.82) is 0 Å². The average molecular weight is 254 g/mol. The fourth-order valence-electron chi connectivity index (χ4n) is 1.56. The molecule has 0 bridgehead atoms. The van der Waals surface area contributed by atoms with Gasteiger partial charge in [0, 0.05) is 23.6 Å². The van der Waals surface area contributed by atoms with E-state index in [1.165, 1.54) is 11.5 Å². The second-order valence-corrected chi connectivity index (χ2v) is 6.30. The van der Waals surface area contributed by atoms with Crippen LogP contribution in [0.3, 0.4) is 0 Å². The third-order valence-electron chi connectivity index (χ3n) is 2.32. The number of nitrogens with zero attached hydrogens (tertiary/aromatic N) is 1. The molecule has 1 aliphatic carbocycles. The molecule has 2 N–H and O–H groups in total. The first kappa shape index (κ1) is 11.8. The van der Waals surface area contributed by atoms with E-state index in [0.717, 1.165) is 17.7 Å². The van der Waals surface area contributed by atoms with Crippen LogP contribution >= 0.6 is 23.5 Å². The van der Waals surface area contributed by atoms with Gasteiger partial charge in [0.05, 0.1) is 6.42 Å². The van der Waals surface area contributed by atoms with E-state index in [-0.39, 0.29) is 5.91 Å². The maximum atomic E-state index is 10.7. The van der Waals surface area contributed by atoms with Gasteiger partial charge in [0.1, 0.15) is 4.71 Å². The molecule has 0 aromatic rings. The highest BCUT2D eigenvalue weighted by Crippen LogP contribution is 2.33. The van der Waals surface area contributed by atoms with Gasteiger partial charge in [-0.3, -0.25) is 9.79 Å². The number of rotatable bonds is 3. The maximum Gasteiger partial charge on any atom is 0.221 e. The summed E-state index contributed by atoms with van der Waals surface area (Å²) in [6.07, 6.45) is 7.12. The number of primary amides is 1. The van der Waals surface area contributed by atoms with Crippen LogP contribution in [0.1, 0.15) is 12.8 Å². The number of allylic oxidation sites excluding steroid dienone is 3. The smallest absolute Gasteiger partial charge is 0.221 e. The SMILES string of the molecule is NC(=O)CC1=CCC(=NC2SCCS2)C=C1. The summed E-state index contributed by atoms with van der Waals surface area (Å²) in [6.45, 7) is 0. The quantitative estimate of drug-likeness (QED) is 0.837. The first-order valence-corrected chi connectivity index (χ1v) is 7.29. The molecule has 16 heavy (non-hydrogen) atoms. The highest BCUT2D eigenvalue weighted by atomic mass is 32.2. The number of nitrogens with two attached hydrogens (primary N) is 1. The van der Waals surface area contributed by atoms with Crippen molar-refractivity contribution < 1.29 is 4.79 Å². The van der Waals surface area contributed by atoms with Crippen LogP contribution < -0.4 is 5.73 Å². The number of aliphatic imine (C=N–C) groups is 1. The predicted molar refractivity (Wildman–Crippen MR) is 71.8 cm³/mol. The molecule has 0 saturated carbocycles. The largest absolute Gasteiger partial charge is 0.369 e. The molecule has 0 unspecified atom stereocenters. The second kappa shape index (κ2) is 5.59. The van der Waals surface area contributed by atoms with Gasteiger partial charge in [-0.15, -0.1) is 23.5 Å². The molecule has 86 valence electrons. The zero-order valence-corrected chi connectivity index (χ0v) is 10.5. The number of hydrogen-bond acceptors (Lipinski definition) is 4. The van der Waals surface area contributed by atoms with Crippen molar-refractivity contribution in [2.45, 2.75) is 17.5 Å². The summed E-state index contributed by atoms with van der Waals surface area (Å²) in [5, 5.41) is 0. The van der Waals surface area contributed by atoms with E-state index in [1.807, 2.05) is 41.8 Å². The lowest BCUT2D eigenvalue weighted by Gasteiger charge is -2.09. The van der Waals surface area contributed by atoms with Gasteiger partial charge >= 0.3 is 0 Å². The summed E-state index contributed by atoms with van der Waals surface area (Å²) < 4.78 is 0.366. The number of carbonyl (C=O) groups is 1. The molecular weight excluding hydrogens is 240 g/mol. The number of carbonyl (C=O) groups excluding carboxylic acids is 1. The molecular formula is C11H14N2OS2. The average Bonchev–Trinajstić information content (AvgIpc) is 2.73. The monoisotopic (exact) mass is 254 g/mol. The van der Waals surface area contributed by atoms with Crippen molar-refractivity contribution in [3.8, 4) is 0 Å². The Kier molecular flexibility index (Phi) is 4.12. The molecule has 1 aliphatic heterocycles. The summed E-state index contributed by atoms with van der Waals surface area (Å²) in [7, 11) is 0. The van der Waals surface area contributed by atoms with Crippen LogP contribution in [0.4, 0.5) is 0 Å². The van der Waals surface area contributed by atoms with Gasteiger partial charge in [-0.05, 0) is 11.6 Å². The van der Waals surface area contributed by atoms with Gasteiger partial charge in [0.2, 0.25) is 5.91 Å². The normalized spacial score (nSPS) is 23.8. The third-order valence-corrected chi connectivity index (χ3v) is 5.05. The minimum Gasteiger partial charge on any atom is -0.369 e. The van der Waals surface area contributed by atoms with Crippen molar-refractivity contribution >= 4 is 35.1 Å². The van der Waals surface area contributed by atoms with E-state index in [9.17, 15) is 4.79 Å². The number of hydrogen-bond donors (Lipinski definition) is 1. The lowest BCUT2D eigenvalue weighted by atomic mass is 10.0. The van der Waals surface area contributed by atoms with E-state index in [1.54, 1.807) is 0 Å². The minimum absolute atomic E-state index is 0.279. The molecule has 2 rings (SSSR count). The van der Waals surface area contributed by atoms with Gasteiger partial charge in [0.15, 0.2) is 0 Å². The summed E-state index contributed by atoms with van der Waals surface area (Å²) in [5.41, 5.74) is 7.24. The van der Waals surface area contributed by atoms with E-state index < -0.39 is 0 Å². The van der Waals surface area contributed by atoms with Crippen LogP contribution in [-0.4, -0.2) is 27.8 Å². The Balaban J connectivity index is 1.91. The highest BCUT2D eigenvalue weighted by Gasteiger charge is 2.15. The predicted octanol–water partition coefficient (Wildman–Crippen LogP) is 1.95. The Morgan fingerprint density at radius 2 is 2.19 bits per heavy atom. The van der Waals surface area contributed by atoms with Crippen LogP contribution in [0.15, 0.2) is 28.8 Å². The minimum atomic E-state index is -0.279. The van der Waals surface area contributed by atoms with Crippen LogP contribution in [0.5, 0.6) is 0 Å². The van der Waals surface area contributed by atoms with Crippen molar-refractivity contribution in [3.63, 3.8) is 0 Å². The molecule has 1 heterocycles.